The molecule has 0 aliphatic carbocycles. The molecule has 2 aromatic carbocycles. The normalized spacial score (nSPS) is 17.8. The first-order valence-electron chi connectivity index (χ1n) is 8.31. The van der Waals surface area contributed by atoms with Gasteiger partial charge in [0, 0.05) is 12.0 Å². The van der Waals surface area contributed by atoms with Crippen molar-refractivity contribution in [2.45, 2.75) is 31.9 Å². The minimum atomic E-state index is -0.330. The topological polar surface area (TPSA) is 56.8 Å². The monoisotopic (exact) mass is 341 g/mol. The standard InChI is InChI=1S/C20H23NO4/c1-20(2)12-17(16-6-4-5-7-18(16)25-20)21-19(22)13-24-15-10-8-14(23-3)9-11-15/h4-11,17H,12-13H2,1-3H3,(H,21,22). The number of rotatable bonds is 5. The average Bonchev–Trinajstić information content (AvgIpc) is 2.59. The Hall–Kier alpha value is -2.69. The number of para-hydroxylation sites is 1. The van der Waals surface area contributed by atoms with E-state index in [0.29, 0.717) is 12.2 Å². The van der Waals surface area contributed by atoms with E-state index in [0.717, 1.165) is 17.1 Å². The zero-order valence-electron chi connectivity index (χ0n) is 14.7. The summed E-state index contributed by atoms with van der Waals surface area (Å²) in [6.07, 6.45) is 0.707. The maximum atomic E-state index is 12.3. The fourth-order valence-corrected chi connectivity index (χ4v) is 2.99. The van der Waals surface area contributed by atoms with E-state index < -0.39 is 0 Å². The van der Waals surface area contributed by atoms with Crippen molar-refractivity contribution >= 4 is 5.91 Å². The van der Waals surface area contributed by atoms with Crippen molar-refractivity contribution in [3.63, 3.8) is 0 Å². The lowest BCUT2D eigenvalue weighted by Crippen LogP contribution is -2.42. The average molecular weight is 341 g/mol. The molecule has 0 saturated carbocycles. The smallest absolute Gasteiger partial charge is 0.258 e. The predicted octanol–water partition coefficient (Wildman–Crippen LogP) is 3.49. The SMILES string of the molecule is COc1ccc(OCC(=O)NC2CC(C)(C)Oc3ccccc32)cc1. The van der Waals surface area contributed by atoms with Crippen LogP contribution in [0.5, 0.6) is 17.2 Å². The number of hydrogen-bond acceptors (Lipinski definition) is 4. The number of benzene rings is 2. The number of fused-ring (bicyclic) bond motifs is 1. The van der Waals surface area contributed by atoms with Crippen molar-refractivity contribution in [1.82, 2.24) is 5.32 Å². The van der Waals surface area contributed by atoms with Gasteiger partial charge in [0.05, 0.1) is 13.2 Å². The fraction of sp³-hybridized carbons (Fsp3) is 0.350. The molecule has 1 heterocycles. The van der Waals surface area contributed by atoms with Crippen LogP contribution in [0.1, 0.15) is 31.9 Å². The van der Waals surface area contributed by atoms with Gasteiger partial charge in [0.25, 0.3) is 5.91 Å². The number of ether oxygens (including phenoxy) is 3. The number of methoxy groups -OCH3 is 1. The summed E-state index contributed by atoms with van der Waals surface area (Å²) in [5, 5.41) is 3.05. The fourth-order valence-electron chi connectivity index (χ4n) is 2.99. The lowest BCUT2D eigenvalue weighted by molar-refractivity contribution is -0.124. The van der Waals surface area contributed by atoms with Crippen LogP contribution in [0.15, 0.2) is 48.5 Å². The third-order valence-electron chi connectivity index (χ3n) is 4.14. The van der Waals surface area contributed by atoms with Crippen LogP contribution in [-0.4, -0.2) is 25.2 Å². The third-order valence-corrected chi connectivity index (χ3v) is 4.14. The van der Waals surface area contributed by atoms with Gasteiger partial charge in [-0.3, -0.25) is 4.79 Å². The van der Waals surface area contributed by atoms with Gasteiger partial charge in [-0.1, -0.05) is 18.2 Å². The van der Waals surface area contributed by atoms with Gasteiger partial charge in [0.2, 0.25) is 0 Å². The van der Waals surface area contributed by atoms with Gasteiger partial charge in [0.1, 0.15) is 22.8 Å². The highest BCUT2D eigenvalue weighted by Crippen LogP contribution is 2.39. The van der Waals surface area contributed by atoms with Gasteiger partial charge in [-0.25, -0.2) is 0 Å². The molecule has 0 saturated heterocycles. The molecule has 5 nitrogen and oxygen atoms in total. The Morgan fingerprint density at radius 1 is 1.16 bits per heavy atom. The molecular weight excluding hydrogens is 318 g/mol. The van der Waals surface area contributed by atoms with Gasteiger partial charge >= 0.3 is 0 Å². The van der Waals surface area contributed by atoms with Crippen LogP contribution in [0.3, 0.4) is 0 Å². The second kappa shape index (κ2) is 7.05. The zero-order valence-corrected chi connectivity index (χ0v) is 14.7. The van der Waals surface area contributed by atoms with Crippen LogP contribution < -0.4 is 19.5 Å². The lowest BCUT2D eigenvalue weighted by atomic mass is 9.90. The van der Waals surface area contributed by atoms with Gasteiger partial charge in [0.15, 0.2) is 6.61 Å². The number of amides is 1. The number of nitrogens with one attached hydrogen (secondary N) is 1. The zero-order chi connectivity index (χ0) is 17.9. The summed E-state index contributed by atoms with van der Waals surface area (Å²) in [5.74, 6) is 2.04. The summed E-state index contributed by atoms with van der Waals surface area (Å²) >= 11 is 0. The second-order valence-electron chi connectivity index (χ2n) is 6.69. The van der Waals surface area contributed by atoms with Crippen molar-refractivity contribution in [2.24, 2.45) is 0 Å². The first-order valence-corrected chi connectivity index (χ1v) is 8.31. The molecule has 132 valence electrons. The maximum absolute atomic E-state index is 12.3. The Kier molecular flexibility index (Phi) is 4.83. The molecule has 1 aliphatic rings. The van der Waals surface area contributed by atoms with Crippen LogP contribution in [-0.2, 0) is 4.79 Å². The molecule has 0 bridgehead atoms. The minimum Gasteiger partial charge on any atom is -0.497 e. The quantitative estimate of drug-likeness (QED) is 0.904. The maximum Gasteiger partial charge on any atom is 0.258 e. The summed E-state index contributed by atoms with van der Waals surface area (Å²) in [6.45, 7) is 4.01. The molecule has 0 radical (unpaired) electrons. The van der Waals surface area contributed by atoms with Gasteiger partial charge in [-0.15, -0.1) is 0 Å². The highest BCUT2D eigenvalue weighted by atomic mass is 16.5. The second-order valence-corrected chi connectivity index (χ2v) is 6.69. The van der Waals surface area contributed by atoms with E-state index in [-0.39, 0.29) is 24.2 Å². The molecule has 1 N–H and O–H groups in total. The van der Waals surface area contributed by atoms with Gasteiger partial charge in [-0.05, 0) is 44.2 Å². The van der Waals surface area contributed by atoms with Crippen molar-refractivity contribution in [3.05, 3.63) is 54.1 Å². The third kappa shape index (κ3) is 4.24. The van der Waals surface area contributed by atoms with Crippen LogP contribution in [0.2, 0.25) is 0 Å². The predicted molar refractivity (Wildman–Crippen MR) is 95.1 cm³/mol. The highest BCUT2D eigenvalue weighted by molar-refractivity contribution is 5.78. The van der Waals surface area contributed by atoms with E-state index in [9.17, 15) is 4.79 Å². The van der Waals surface area contributed by atoms with E-state index in [1.807, 2.05) is 38.1 Å². The lowest BCUT2D eigenvalue weighted by Gasteiger charge is -2.37. The molecule has 0 spiro atoms. The van der Waals surface area contributed by atoms with Crippen LogP contribution >= 0.6 is 0 Å². The summed E-state index contributed by atoms with van der Waals surface area (Å²) in [4.78, 5) is 12.3. The first-order chi connectivity index (χ1) is 12.0. The van der Waals surface area contributed by atoms with E-state index in [4.69, 9.17) is 14.2 Å². The van der Waals surface area contributed by atoms with Gasteiger partial charge < -0.3 is 19.5 Å². The van der Waals surface area contributed by atoms with E-state index in [1.165, 1.54) is 0 Å². The van der Waals surface area contributed by atoms with E-state index in [2.05, 4.69) is 5.32 Å². The molecule has 5 heteroatoms. The van der Waals surface area contributed by atoms with Crippen molar-refractivity contribution < 1.29 is 19.0 Å². The molecular formula is C20H23NO4. The molecule has 1 unspecified atom stereocenters. The highest BCUT2D eigenvalue weighted by Gasteiger charge is 2.34. The first kappa shape index (κ1) is 17.1. The molecule has 1 atom stereocenters. The largest absolute Gasteiger partial charge is 0.497 e. The number of carbonyl (C=O) groups excluding carboxylic acids is 1. The minimum absolute atomic E-state index is 0.0354. The molecule has 0 fully saturated rings. The summed E-state index contributed by atoms with van der Waals surface area (Å²) < 4.78 is 16.6. The molecule has 25 heavy (non-hydrogen) atoms. The molecule has 1 aliphatic heterocycles. The van der Waals surface area contributed by atoms with Crippen molar-refractivity contribution in [2.75, 3.05) is 13.7 Å². The Morgan fingerprint density at radius 3 is 2.56 bits per heavy atom. The Labute approximate surface area is 147 Å². The Morgan fingerprint density at radius 2 is 1.84 bits per heavy atom. The molecule has 2 aromatic rings. The molecule has 3 rings (SSSR count). The van der Waals surface area contributed by atoms with E-state index in [1.54, 1.807) is 31.4 Å². The number of hydrogen-bond donors (Lipinski definition) is 1. The van der Waals surface area contributed by atoms with Crippen molar-refractivity contribution in [3.8, 4) is 17.2 Å². The van der Waals surface area contributed by atoms with Crippen LogP contribution in [0.25, 0.3) is 0 Å². The summed E-state index contributed by atoms with van der Waals surface area (Å²) in [5.41, 5.74) is 0.669. The van der Waals surface area contributed by atoms with E-state index >= 15 is 0 Å². The Balaban J connectivity index is 1.62. The number of carbonyl (C=O) groups is 1. The molecule has 0 aromatic heterocycles. The van der Waals surface area contributed by atoms with Gasteiger partial charge in [-0.2, -0.15) is 0 Å². The summed E-state index contributed by atoms with van der Waals surface area (Å²) in [6, 6.07) is 14.9. The molecule has 1 amide bonds. The summed E-state index contributed by atoms with van der Waals surface area (Å²) in [7, 11) is 1.61. The van der Waals surface area contributed by atoms with Crippen LogP contribution in [0, 0.1) is 0 Å². The van der Waals surface area contributed by atoms with Crippen molar-refractivity contribution in [1.29, 1.82) is 0 Å². The van der Waals surface area contributed by atoms with Crippen LogP contribution in [0.4, 0.5) is 0 Å². The Bertz CT molecular complexity index is 740.